The van der Waals surface area contributed by atoms with E-state index in [1.54, 1.807) is 52.0 Å². The van der Waals surface area contributed by atoms with Gasteiger partial charge in [-0.2, -0.15) is 0 Å². The van der Waals surface area contributed by atoms with Gasteiger partial charge in [0.2, 0.25) is 0 Å². The van der Waals surface area contributed by atoms with Crippen LogP contribution in [0.2, 0.25) is 0 Å². The summed E-state index contributed by atoms with van der Waals surface area (Å²) in [5, 5.41) is 16.1. The minimum atomic E-state index is -0.550. The Morgan fingerprint density at radius 2 is 1.11 bits per heavy atom. The first-order chi connectivity index (χ1) is 8.75. The summed E-state index contributed by atoms with van der Waals surface area (Å²) < 4.78 is 4.35. The van der Waals surface area contributed by atoms with Gasteiger partial charge in [0, 0.05) is 12.2 Å². The van der Waals surface area contributed by atoms with Gasteiger partial charge in [-0.3, -0.25) is 0 Å². The fraction of sp³-hybridized carbons (Fsp3) is 0.429. The van der Waals surface area contributed by atoms with Crippen molar-refractivity contribution in [3.63, 3.8) is 0 Å². The van der Waals surface area contributed by atoms with Crippen molar-refractivity contribution in [1.29, 1.82) is 0 Å². The summed E-state index contributed by atoms with van der Waals surface area (Å²) in [5.41, 5.74) is 0.718. The van der Waals surface area contributed by atoms with Crippen molar-refractivity contribution in [1.82, 2.24) is 0 Å². The minimum Gasteiger partial charge on any atom is -0.394 e. The molecule has 1 aliphatic heterocycles. The van der Waals surface area contributed by atoms with Gasteiger partial charge in [0.05, 0.1) is 11.1 Å². The summed E-state index contributed by atoms with van der Waals surface area (Å²) >= 11 is 0. The van der Waals surface area contributed by atoms with E-state index in [4.69, 9.17) is 10.2 Å². The van der Waals surface area contributed by atoms with Gasteiger partial charge in [-0.15, -0.1) is 0 Å². The molecule has 0 saturated carbocycles. The maximum Gasteiger partial charge on any atom is 0.346 e. The van der Waals surface area contributed by atoms with E-state index in [0.29, 0.717) is 11.1 Å². The van der Waals surface area contributed by atoms with E-state index in [1.807, 2.05) is 0 Å². The smallest absolute Gasteiger partial charge is 0.346 e. The maximum absolute atomic E-state index is 10.8. The number of rotatable bonds is 0. The first-order valence-electron chi connectivity index (χ1n) is 5.97. The number of ether oxygens (including phenoxy) is 1. The SMILES string of the molecule is CC(C)O.CC(C)O.O=C1OC(=O)c2ccccc21. The maximum atomic E-state index is 10.8. The van der Waals surface area contributed by atoms with Gasteiger partial charge in [-0.1, -0.05) is 12.1 Å². The van der Waals surface area contributed by atoms with Crippen molar-refractivity contribution in [2.24, 2.45) is 0 Å². The second-order valence-electron chi connectivity index (χ2n) is 4.41. The standard InChI is InChI=1S/C8H4O3.2C3H8O/c9-7-5-3-1-2-4-6(5)8(10)11-7;2*1-3(2)4/h1-4H;2*3-4H,1-2H3. The monoisotopic (exact) mass is 268 g/mol. The van der Waals surface area contributed by atoms with Crippen LogP contribution in [0.25, 0.3) is 0 Å². The normalized spacial score (nSPS) is 12.2. The second kappa shape index (κ2) is 8.39. The number of aliphatic hydroxyl groups is 2. The van der Waals surface area contributed by atoms with E-state index < -0.39 is 11.9 Å². The predicted octanol–water partition coefficient (Wildman–Crippen LogP) is 1.77. The van der Waals surface area contributed by atoms with Gasteiger partial charge >= 0.3 is 11.9 Å². The molecule has 5 nitrogen and oxygen atoms in total. The van der Waals surface area contributed by atoms with Crippen molar-refractivity contribution in [2.75, 3.05) is 0 Å². The molecule has 2 rings (SSSR count). The zero-order valence-electron chi connectivity index (χ0n) is 11.6. The lowest BCUT2D eigenvalue weighted by atomic mass is 10.1. The van der Waals surface area contributed by atoms with Crippen LogP contribution in [0.5, 0.6) is 0 Å². The van der Waals surface area contributed by atoms with Crippen LogP contribution in [0, 0.1) is 0 Å². The first kappa shape index (κ1) is 17.3. The Morgan fingerprint density at radius 1 is 0.842 bits per heavy atom. The molecule has 0 aromatic heterocycles. The van der Waals surface area contributed by atoms with Crippen LogP contribution in [0.3, 0.4) is 0 Å². The van der Waals surface area contributed by atoms with Gasteiger partial charge in [0.1, 0.15) is 0 Å². The van der Waals surface area contributed by atoms with Crippen molar-refractivity contribution in [3.8, 4) is 0 Å². The van der Waals surface area contributed by atoms with Gasteiger partial charge in [-0.25, -0.2) is 9.59 Å². The van der Waals surface area contributed by atoms with Crippen LogP contribution in [0.1, 0.15) is 48.4 Å². The lowest BCUT2D eigenvalue weighted by Crippen LogP contribution is -1.96. The van der Waals surface area contributed by atoms with Crippen LogP contribution >= 0.6 is 0 Å². The largest absolute Gasteiger partial charge is 0.394 e. The number of hydrogen-bond donors (Lipinski definition) is 2. The third-order valence-corrected chi connectivity index (χ3v) is 1.55. The molecular formula is C14H20O5. The van der Waals surface area contributed by atoms with E-state index in [1.165, 1.54) is 0 Å². The molecule has 0 bridgehead atoms. The Kier molecular flexibility index (Phi) is 7.63. The highest BCUT2D eigenvalue weighted by Gasteiger charge is 2.28. The molecule has 0 spiro atoms. The van der Waals surface area contributed by atoms with Gasteiger partial charge in [-0.05, 0) is 39.8 Å². The Balaban J connectivity index is 0.000000342. The van der Waals surface area contributed by atoms with E-state index in [0.717, 1.165) is 0 Å². The molecule has 1 aromatic rings. The number of carbonyl (C=O) groups excluding carboxylic acids is 2. The molecule has 0 atom stereocenters. The van der Waals surface area contributed by atoms with Crippen molar-refractivity contribution < 1.29 is 24.5 Å². The molecule has 106 valence electrons. The fourth-order valence-electron chi connectivity index (χ4n) is 1.03. The van der Waals surface area contributed by atoms with Crippen LogP contribution < -0.4 is 0 Å². The zero-order chi connectivity index (χ0) is 15.0. The molecule has 5 heteroatoms. The molecule has 1 heterocycles. The molecule has 0 amide bonds. The lowest BCUT2D eigenvalue weighted by Gasteiger charge is -1.86. The van der Waals surface area contributed by atoms with Gasteiger partial charge < -0.3 is 14.9 Å². The van der Waals surface area contributed by atoms with Crippen molar-refractivity contribution >= 4 is 11.9 Å². The number of cyclic esters (lactones) is 2. The summed E-state index contributed by atoms with van der Waals surface area (Å²) in [4.78, 5) is 21.7. The molecule has 0 fully saturated rings. The molecule has 0 saturated heterocycles. The van der Waals surface area contributed by atoms with E-state index in [-0.39, 0.29) is 12.2 Å². The Morgan fingerprint density at radius 3 is 1.37 bits per heavy atom. The molecule has 0 unspecified atom stereocenters. The number of fused-ring (bicyclic) bond motifs is 1. The predicted molar refractivity (Wildman–Crippen MR) is 70.9 cm³/mol. The van der Waals surface area contributed by atoms with Gasteiger partial charge in [0.15, 0.2) is 0 Å². The molecule has 2 N–H and O–H groups in total. The topological polar surface area (TPSA) is 83.8 Å². The average molecular weight is 268 g/mol. The molecule has 19 heavy (non-hydrogen) atoms. The molecule has 1 aromatic carbocycles. The number of aliphatic hydroxyl groups excluding tert-OH is 2. The Bertz CT molecular complexity index is 379. The van der Waals surface area contributed by atoms with Crippen LogP contribution in [-0.4, -0.2) is 34.4 Å². The summed E-state index contributed by atoms with van der Waals surface area (Å²) in [5.74, 6) is -1.10. The summed E-state index contributed by atoms with van der Waals surface area (Å²) in [6, 6.07) is 6.53. The van der Waals surface area contributed by atoms with Crippen LogP contribution in [0.15, 0.2) is 24.3 Å². The third kappa shape index (κ3) is 7.33. The lowest BCUT2D eigenvalue weighted by molar-refractivity contribution is 0.0443. The molecule has 1 aliphatic rings. The van der Waals surface area contributed by atoms with Crippen molar-refractivity contribution in [3.05, 3.63) is 35.4 Å². The summed E-state index contributed by atoms with van der Waals surface area (Å²) in [6.07, 6.45) is -0.333. The molecule has 0 aliphatic carbocycles. The van der Waals surface area contributed by atoms with E-state index in [9.17, 15) is 9.59 Å². The molecule has 0 radical (unpaired) electrons. The fourth-order valence-corrected chi connectivity index (χ4v) is 1.03. The summed E-state index contributed by atoms with van der Waals surface area (Å²) in [6.45, 7) is 6.89. The summed E-state index contributed by atoms with van der Waals surface area (Å²) in [7, 11) is 0. The third-order valence-electron chi connectivity index (χ3n) is 1.55. The van der Waals surface area contributed by atoms with Gasteiger partial charge in [0.25, 0.3) is 0 Å². The van der Waals surface area contributed by atoms with E-state index >= 15 is 0 Å². The number of hydrogen-bond acceptors (Lipinski definition) is 5. The Hall–Kier alpha value is -1.72. The van der Waals surface area contributed by atoms with Crippen LogP contribution in [-0.2, 0) is 4.74 Å². The average Bonchev–Trinajstić information content (AvgIpc) is 2.54. The van der Waals surface area contributed by atoms with Crippen molar-refractivity contribution in [2.45, 2.75) is 39.9 Å². The zero-order valence-corrected chi connectivity index (χ0v) is 11.6. The Labute approximate surface area is 112 Å². The minimum absolute atomic E-state index is 0.167. The number of benzene rings is 1. The first-order valence-corrected chi connectivity index (χ1v) is 5.97. The molecular weight excluding hydrogens is 248 g/mol. The second-order valence-corrected chi connectivity index (χ2v) is 4.41. The quantitative estimate of drug-likeness (QED) is 0.553. The highest BCUT2D eigenvalue weighted by atomic mass is 16.6. The highest BCUT2D eigenvalue weighted by molar-refractivity contribution is 6.14. The highest BCUT2D eigenvalue weighted by Crippen LogP contribution is 2.18. The number of esters is 2. The van der Waals surface area contributed by atoms with Crippen LogP contribution in [0.4, 0.5) is 0 Å². The number of carbonyl (C=O) groups is 2. The van der Waals surface area contributed by atoms with E-state index in [2.05, 4.69) is 4.74 Å².